The van der Waals surface area contributed by atoms with Crippen LogP contribution in [-0.2, 0) is 13.0 Å². The molecule has 0 amide bonds. The summed E-state index contributed by atoms with van der Waals surface area (Å²) in [5, 5.41) is 7.64. The van der Waals surface area contributed by atoms with E-state index in [9.17, 15) is 0 Å². The Bertz CT molecular complexity index is 605. The van der Waals surface area contributed by atoms with Crippen LogP contribution < -0.4 is 10.2 Å². The zero-order valence-electron chi connectivity index (χ0n) is 12.0. The minimum absolute atomic E-state index is 0.293. The van der Waals surface area contributed by atoms with Gasteiger partial charge in [-0.05, 0) is 13.3 Å². The van der Waals surface area contributed by atoms with E-state index in [1.807, 2.05) is 36.7 Å². The quantitative estimate of drug-likeness (QED) is 0.894. The van der Waals surface area contributed by atoms with Gasteiger partial charge in [0.05, 0.1) is 6.54 Å². The number of fused-ring (bicyclic) bond motifs is 1. The Hall–Kier alpha value is -2.18. The third kappa shape index (κ3) is 2.56. The van der Waals surface area contributed by atoms with Gasteiger partial charge in [-0.25, -0.2) is 14.6 Å². The molecule has 0 spiro atoms. The molecule has 20 heavy (non-hydrogen) atoms. The van der Waals surface area contributed by atoms with Crippen LogP contribution in [0.4, 0.5) is 11.8 Å². The van der Waals surface area contributed by atoms with E-state index in [4.69, 9.17) is 0 Å². The number of aromatic nitrogens is 5. The van der Waals surface area contributed by atoms with Crippen molar-refractivity contribution in [3.8, 4) is 0 Å². The second kappa shape index (κ2) is 5.07. The predicted molar refractivity (Wildman–Crippen MR) is 76.8 cm³/mol. The standard InChI is InChI=1S/C13H19N7/c1-9-6-12(19(2)3)18-13(16-9)17-10-4-5-11-14-8-15-20(11)7-10/h6,8,10H,4-5,7H2,1-3H3,(H,16,17,18). The predicted octanol–water partition coefficient (Wildman–Crippen LogP) is 0.869. The molecule has 3 rings (SSSR count). The lowest BCUT2D eigenvalue weighted by molar-refractivity contribution is 0.440. The van der Waals surface area contributed by atoms with Gasteiger partial charge >= 0.3 is 0 Å². The van der Waals surface area contributed by atoms with Gasteiger partial charge in [-0.15, -0.1) is 0 Å². The Kier molecular flexibility index (Phi) is 3.25. The average molecular weight is 273 g/mol. The maximum atomic E-state index is 4.53. The third-order valence-electron chi connectivity index (χ3n) is 3.44. The first-order valence-corrected chi connectivity index (χ1v) is 6.78. The van der Waals surface area contributed by atoms with Gasteiger partial charge in [0, 0.05) is 38.3 Å². The van der Waals surface area contributed by atoms with Crippen molar-refractivity contribution in [1.29, 1.82) is 0 Å². The van der Waals surface area contributed by atoms with Gasteiger partial charge in [0.1, 0.15) is 18.0 Å². The van der Waals surface area contributed by atoms with Crippen molar-refractivity contribution in [2.75, 3.05) is 24.3 Å². The number of nitrogens with one attached hydrogen (secondary N) is 1. The summed E-state index contributed by atoms with van der Waals surface area (Å²) in [6.07, 6.45) is 3.57. The molecule has 1 aliphatic rings. The molecule has 106 valence electrons. The summed E-state index contributed by atoms with van der Waals surface area (Å²) >= 11 is 0. The number of aryl methyl sites for hydroxylation is 2. The number of nitrogens with zero attached hydrogens (tertiary/aromatic N) is 6. The normalized spacial score (nSPS) is 17.6. The monoisotopic (exact) mass is 273 g/mol. The molecule has 1 N–H and O–H groups in total. The molecule has 0 aliphatic carbocycles. The third-order valence-corrected chi connectivity index (χ3v) is 3.44. The van der Waals surface area contributed by atoms with Gasteiger partial charge in [-0.3, -0.25) is 0 Å². The lowest BCUT2D eigenvalue weighted by Crippen LogP contribution is -2.32. The highest BCUT2D eigenvalue weighted by Gasteiger charge is 2.20. The smallest absolute Gasteiger partial charge is 0.225 e. The molecule has 7 heteroatoms. The minimum Gasteiger partial charge on any atom is -0.363 e. The molecule has 0 saturated heterocycles. The maximum absolute atomic E-state index is 4.53. The molecule has 1 aliphatic heterocycles. The number of hydrogen-bond donors (Lipinski definition) is 1. The van der Waals surface area contributed by atoms with Crippen LogP contribution >= 0.6 is 0 Å². The molecule has 0 fully saturated rings. The second-order valence-electron chi connectivity index (χ2n) is 5.32. The van der Waals surface area contributed by atoms with Crippen molar-refractivity contribution in [2.45, 2.75) is 32.4 Å². The van der Waals surface area contributed by atoms with Gasteiger partial charge in [0.2, 0.25) is 5.95 Å². The molecule has 7 nitrogen and oxygen atoms in total. The Morgan fingerprint density at radius 3 is 3.00 bits per heavy atom. The zero-order chi connectivity index (χ0) is 14.1. The van der Waals surface area contributed by atoms with Gasteiger partial charge in [-0.1, -0.05) is 0 Å². The van der Waals surface area contributed by atoms with Crippen molar-refractivity contribution in [3.63, 3.8) is 0 Å². The lowest BCUT2D eigenvalue weighted by Gasteiger charge is -2.24. The number of anilines is 2. The van der Waals surface area contributed by atoms with Crippen molar-refractivity contribution in [1.82, 2.24) is 24.7 Å². The van der Waals surface area contributed by atoms with E-state index in [-0.39, 0.29) is 0 Å². The number of hydrogen-bond acceptors (Lipinski definition) is 6. The fourth-order valence-corrected chi connectivity index (χ4v) is 2.38. The van der Waals surface area contributed by atoms with Crippen LogP contribution in [0.15, 0.2) is 12.4 Å². The molecule has 0 saturated carbocycles. The Morgan fingerprint density at radius 1 is 1.35 bits per heavy atom. The fraction of sp³-hybridized carbons (Fsp3) is 0.538. The first-order chi connectivity index (χ1) is 9.61. The Labute approximate surface area is 118 Å². The summed E-state index contributed by atoms with van der Waals surface area (Å²) in [6.45, 7) is 2.79. The molecule has 0 bridgehead atoms. The summed E-state index contributed by atoms with van der Waals surface area (Å²) in [7, 11) is 3.96. The van der Waals surface area contributed by atoms with Crippen LogP contribution in [0.25, 0.3) is 0 Å². The van der Waals surface area contributed by atoms with E-state index in [0.29, 0.717) is 12.0 Å². The van der Waals surface area contributed by atoms with E-state index in [2.05, 4.69) is 25.4 Å². The highest BCUT2D eigenvalue weighted by Crippen LogP contribution is 2.17. The van der Waals surface area contributed by atoms with E-state index in [1.165, 1.54) is 0 Å². The maximum Gasteiger partial charge on any atom is 0.225 e. The van der Waals surface area contributed by atoms with Gasteiger partial charge in [-0.2, -0.15) is 10.1 Å². The van der Waals surface area contributed by atoms with E-state index >= 15 is 0 Å². The van der Waals surface area contributed by atoms with Gasteiger partial charge in [0.15, 0.2) is 0 Å². The molecule has 1 atom stereocenters. The van der Waals surface area contributed by atoms with Crippen molar-refractivity contribution in [3.05, 3.63) is 23.9 Å². The van der Waals surface area contributed by atoms with E-state index < -0.39 is 0 Å². The highest BCUT2D eigenvalue weighted by atomic mass is 15.4. The van der Waals surface area contributed by atoms with Crippen molar-refractivity contribution >= 4 is 11.8 Å². The van der Waals surface area contributed by atoms with Crippen LogP contribution in [0, 0.1) is 6.92 Å². The Balaban J connectivity index is 1.75. The first-order valence-electron chi connectivity index (χ1n) is 6.78. The molecule has 2 aromatic heterocycles. The van der Waals surface area contributed by atoms with Crippen LogP contribution in [-0.4, -0.2) is 44.9 Å². The molecule has 2 aromatic rings. The second-order valence-corrected chi connectivity index (χ2v) is 5.32. The molecule has 3 heterocycles. The summed E-state index contributed by atoms with van der Waals surface area (Å²) in [5.74, 6) is 2.65. The summed E-state index contributed by atoms with van der Waals surface area (Å²) in [4.78, 5) is 15.2. The molecule has 0 aromatic carbocycles. The molecule has 1 unspecified atom stereocenters. The first kappa shape index (κ1) is 12.8. The largest absolute Gasteiger partial charge is 0.363 e. The Morgan fingerprint density at radius 2 is 2.20 bits per heavy atom. The van der Waals surface area contributed by atoms with E-state index in [1.54, 1.807) is 6.33 Å². The molecular weight excluding hydrogens is 254 g/mol. The van der Waals surface area contributed by atoms with E-state index in [0.717, 1.165) is 36.7 Å². The molecule has 0 radical (unpaired) electrons. The van der Waals surface area contributed by atoms with Gasteiger partial charge in [0.25, 0.3) is 0 Å². The van der Waals surface area contributed by atoms with Crippen LogP contribution in [0.1, 0.15) is 17.9 Å². The fourth-order valence-electron chi connectivity index (χ4n) is 2.38. The van der Waals surface area contributed by atoms with Gasteiger partial charge < -0.3 is 10.2 Å². The van der Waals surface area contributed by atoms with Crippen molar-refractivity contribution < 1.29 is 0 Å². The topological polar surface area (TPSA) is 71.8 Å². The summed E-state index contributed by atoms with van der Waals surface area (Å²) < 4.78 is 1.95. The summed E-state index contributed by atoms with van der Waals surface area (Å²) in [6, 6.07) is 2.27. The van der Waals surface area contributed by atoms with Crippen LogP contribution in [0.2, 0.25) is 0 Å². The van der Waals surface area contributed by atoms with Crippen LogP contribution in [0.5, 0.6) is 0 Å². The van der Waals surface area contributed by atoms with Crippen molar-refractivity contribution in [2.24, 2.45) is 0 Å². The highest BCUT2D eigenvalue weighted by molar-refractivity contribution is 5.43. The summed E-state index contributed by atoms with van der Waals surface area (Å²) in [5.41, 5.74) is 0.962. The lowest BCUT2D eigenvalue weighted by atomic mass is 10.1. The van der Waals surface area contributed by atoms with Crippen LogP contribution in [0.3, 0.4) is 0 Å². The zero-order valence-corrected chi connectivity index (χ0v) is 12.0. The SMILES string of the molecule is Cc1cc(N(C)C)nc(NC2CCc3ncnn3C2)n1. The molecular formula is C13H19N7. The number of rotatable bonds is 3. The minimum atomic E-state index is 0.293. The average Bonchev–Trinajstić information content (AvgIpc) is 2.85.